The minimum atomic E-state index is -0.00406. The van der Waals surface area contributed by atoms with E-state index in [1.165, 1.54) is 22.6 Å². The van der Waals surface area contributed by atoms with Gasteiger partial charge in [0, 0.05) is 37.4 Å². The summed E-state index contributed by atoms with van der Waals surface area (Å²) in [6, 6.07) is 11.9. The zero-order valence-electron chi connectivity index (χ0n) is 17.5. The lowest BCUT2D eigenvalue weighted by molar-refractivity contribution is -0.126. The summed E-state index contributed by atoms with van der Waals surface area (Å²) in [7, 11) is 0. The monoisotopic (exact) mass is 414 g/mol. The highest BCUT2D eigenvalue weighted by atomic mass is 16.3. The van der Waals surface area contributed by atoms with Crippen LogP contribution in [0.15, 0.2) is 55.4 Å². The first kappa shape index (κ1) is 19.5. The normalized spacial score (nSPS) is 18.6. The molecule has 1 N–H and O–H groups in total. The molecule has 1 saturated heterocycles. The maximum atomic E-state index is 11.9. The molecule has 158 valence electrons. The molecule has 6 heteroatoms. The predicted molar refractivity (Wildman–Crippen MR) is 121 cm³/mol. The van der Waals surface area contributed by atoms with Crippen molar-refractivity contribution in [2.75, 3.05) is 31.1 Å². The Morgan fingerprint density at radius 2 is 1.97 bits per heavy atom. The average molecular weight is 415 g/mol. The maximum absolute atomic E-state index is 11.9. The molecule has 1 atom stereocenters. The van der Waals surface area contributed by atoms with Gasteiger partial charge in [-0.1, -0.05) is 30.8 Å². The lowest BCUT2D eigenvalue weighted by Gasteiger charge is -2.37. The van der Waals surface area contributed by atoms with E-state index in [1.807, 2.05) is 23.1 Å². The first-order chi connectivity index (χ1) is 15.1. The van der Waals surface area contributed by atoms with E-state index >= 15 is 0 Å². The third-order valence-corrected chi connectivity index (χ3v) is 6.60. The number of carbonyl (C=O) groups excluding carboxylic acids is 1. The van der Waals surface area contributed by atoms with Gasteiger partial charge in [-0.05, 0) is 59.7 Å². The fraction of sp³-hybridized carbons (Fsp3) is 0.320. The van der Waals surface area contributed by atoms with Crippen molar-refractivity contribution in [2.45, 2.75) is 25.2 Å². The Kier molecular flexibility index (Phi) is 5.06. The quantitative estimate of drug-likeness (QED) is 0.665. The van der Waals surface area contributed by atoms with Gasteiger partial charge >= 0.3 is 0 Å². The smallest absolute Gasteiger partial charge is 0.246 e. The van der Waals surface area contributed by atoms with Crippen LogP contribution in [0.4, 0.5) is 5.82 Å². The van der Waals surface area contributed by atoms with Crippen molar-refractivity contribution < 1.29 is 9.90 Å². The summed E-state index contributed by atoms with van der Waals surface area (Å²) in [6.45, 7) is 6.52. The summed E-state index contributed by atoms with van der Waals surface area (Å²) < 4.78 is 0. The molecule has 1 amide bonds. The van der Waals surface area contributed by atoms with Crippen LogP contribution >= 0.6 is 0 Å². The molecule has 3 aromatic rings. The van der Waals surface area contributed by atoms with Crippen LogP contribution in [0.25, 0.3) is 10.8 Å². The summed E-state index contributed by atoms with van der Waals surface area (Å²) >= 11 is 0. The van der Waals surface area contributed by atoms with Crippen molar-refractivity contribution in [1.82, 2.24) is 14.9 Å². The predicted octanol–water partition coefficient (Wildman–Crippen LogP) is 3.44. The zero-order valence-corrected chi connectivity index (χ0v) is 17.5. The number of rotatable bonds is 3. The van der Waals surface area contributed by atoms with Crippen LogP contribution in [0, 0.1) is 0 Å². The molecule has 1 aliphatic heterocycles. The van der Waals surface area contributed by atoms with Crippen LogP contribution in [0.2, 0.25) is 0 Å². The molecular formula is C25H26N4O2. The highest BCUT2D eigenvalue weighted by Crippen LogP contribution is 2.38. The number of piperazine rings is 1. The Morgan fingerprint density at radius 1 is 1.13 bits per heavy atom. The molecule has 1 fully saturated rings. The van der Waals surface area contributed by atoms with Crippen molar-refractivity contribution >= 4 is 22.5 Å². The average Bonchev–Trinajstić information content (AvgIpc) is 2.82. The first-order valence-corrected chi connectivity index (χ1v) is 10.8. The molecule has 2 aliphatic rings. The second-order valence-electron chi connectivity index (χ2n) is 8.33. The Hall–Kier alpha value is -3.41. The van der Waals surface area contributed by atoms with E-state index in [9.17, 15) is 9.90 Å². The Balaban J connectivity index is 1.39. The van der Waals surface area contributed by atoms with E-state index in [2.05, 4.69) is 33.6 Å². The number of hydrogen-bond donors (Lipinski definition) is 1. The molecule has 1 aromatic heterocycles. The molecule has 0 bridgehead atoms. The van der Waals surface area contributed by atoms with E-state index in [4.69, 9.17) is 0 Å². The molecule has 2 heterocycles. The minimum absolute atomic E-state index is 0.00406. The van der Waals surface area contributed by atoms with Crippen LogP contribution < -0.4 is 4.90 Å². The number of nitrogens with zero attached hydrogens (tertiary/aromatic N) is 4. The van der Waals surface area contributed by atoms with Crippen LogP contribution in [0.5, 0.6) is 5.75 Å². The number of aromatic hydroxyl groups is 1. The fourth-order valence-electron chi connectivity index (χ4n) is 4.98. The number of amides is 1. The van der Waals surface area contributed by atoms with Gasteiger partial charge in [-0.3, -0.25) is 4.79 Å². The second kappa shape index (κ2) is 8.02. The summed E-state index contributed by atoms with van der Waals surface area (Å²) in [5.41, 5.74) is 3.70. The Morgan fingerprint density at radius 3 is 2.77 bits per heavy atom. The van der Waals surface area contributed by atoms with Gasteiger partial charge in [0.05, 0.1) is 0 Å². The van der Waals surface area contributed by atoms with Crippen molar-refractivity contribution in [2.24, 2.45) is 0 Å². The maximum Gasteiger partial charge on any atom is 0.246 e. The first-order valence-electron chi connectivity index (χ1n) is 10.8. The fourth-order valence-corrected chi connectivity index (χ4v) is 4.98. The van der Waals surface area contributed by atoms with Gasteiger partial charge in [0.25, 0.3) is 0 Å². The van der Waals surface area contributed by atoms with Gasteiger partial charge in [-0.2, -0.15) is 0 Å². The number of carbonyl (C=O) groups is 1. The summed E-state index contributed by atoms with van der Waals surface area (Å²) in [6.07, 6.45) is 5.94. The molecule has 0 radical (unpaired) electrons. The Bertz CT molecular complexity index is 1150. The second-order valence-corrected chi connectivity index (χ2v) is 8.33. The van der Waals surface area contributed by atoms with Crippen LogP contribution in [-0.4, -0.2) is 52.1 Å². The molecule has 2 aromatic carbocycles. The zero-order chi connectivity index (χ0) is 21.4. The molecule has 31 heavy (non-hydrogen) atoms. The number of benzene rings is 2. The van der Waals surface area contributed by atoms with Gasteiger partial charge in [0.2, 0.25) is 5.91 Å². The van der Waals surface area contributed by atoms with Crippen molar-refractivity contribution in [3.63, 3.8) is 0 Å². The SMILES string of the molecule is C=CC(=O)N1CCN(c2ncnc3c2CC[C@@H](c2cccc4cc(O)ccc24)C3)CC1. The molecular weight excluding hydrogens is 388 g/mol. The number of aromatic nitrogens is 2. The van der Waals surface area contributed by atoms with E-state index < -0.39 is 0 Å². The van der Waals surface area contributed by atoms with Gasteiger partial charge in [-0.25, -0.2) is 9.97 Å². The van der Waals surface area contributed by atoms with Gasteiger partial charge in [0.15, 0.2) is 0 Å². The highest BCUT2D eigenvalue weighted by Gasteiger charge is 2.28. The van der Waals surface area contributed by atoms with Gasteiger partial charge in [-0.15, -0.1) is 0 Å². The molecule has 6 nitrogen and oxygen atoms in total. The lowest BCUT2D eigenvalue weighted by atomic mass is 9.80. The van der Waals surface area contributed by atoms with Crippen molar-refractivity contribution in [3.8, 4) is 5.75 Å². The lowest BCUT2D eigenvalue weighted by Crippen LogP contribution is -2.49. The topological polar surface area (TPSA) is 69.6 Å². The molecule has 0 unspecified atom stereocenters. The summed E-state index contributed by atoms with van der Waals surface area (Å²) in [4.78, 5) is 25.3. The third kappa shape index (κ3) is 3.63. The standard InChI is InChI=1S/C25H26N4O2/c1-2-24(31)28-10-12-29(13-11-28)25-22-8-6-18(15-23(22)26-16-27-25)20-5-3-4-17-14-19(30)7-9-21(17)20/h2-5,7,9,14,16,18,30H,1,6,8,10-13,15H2/t18-/m1/s1. The number of fused-ring (bicyclic) bond motifs is 2. The Labute approximate surface area is 181 Å². The largest absolute Gasteiger partial charge is 0.508 e. The number of hydrogen-bond acceptors (Lipinski definition) is 5. The van der Waals surface area contributed by atoms with E-state index in [0.717, 1.165) is 49.2 Å². The van der Waals surface area contributed by atoms with E-state index in [1.54, 1.807) is 12.4 Å². The third-order valence-electron chi connectivity index (χ3n) is 6.60. The van der Waals surface area contributed by atoms with Crippen LogP contribution in [0.1, 0.15) is 29.2 Å². The van der Waals surface area contributed by atoms with Crippen molar-refractivity contribution in [1.29, 1.82) is 0 Å². The summed E-state index contributed by atoms with van der Waals surface area (Å²) in [5, 5.41) is 12.1. The van der Waals surface area contributed by atoms with Crippen LogP contribution in [0.3, 0.4) is 0 Å². The van der Waals surface area contributed by atoms with Crippen LogP contribution in [-0.2, 0) is 17.6 Å². The van der Waals surface area contributed by atoms with Gasteiger partial charge in [0.1, 0.15) is 17.9 Å². The molecule has 5 rings (SSSR count). The van der Waals surface area contributed by atoms with Gasteiger partial charge < -0.3 is 14.9 Å². The molecule has 0 saturated carbocycles. The minimum Gasteiger partial charge on any atom is -0.508 e. The number of anilines is 1. The summed E-state index contributed by atoms with van der Waals surface area (Å²) in [5.74, 6) is 1.71. The molecule has 0 spiro atoms. The van der Waals surface area contributed by atoms with E-state index in [0.29, 0.717) is 24.8 Å². The molecule has 1 aliphatic carbocycles. The van der Waals surface area contributed by atoms with E-state index in [-0.39, 0.29) is 5.91 Å². The highest BCUT2D eigenvalue weighted by molar-refractivity contribution is 5.88. The number of phenolic OH excluding ortho intramolecular Hbond substituents is 1. The number of phenols is 1. The van der Waals surface area contributed by atoms with Crippen molar-refractivity contribution in [3.05, 3.63) is 72.2 Å².